The molecule has 0 bridgehead atoms. The van der Waals surface area contributed by atoms with Crippen molar-refractivity contribution in [2.75, 3.05) is 19.7 Å². The molecule has 2 atom stereocenters. The normalized spacial score (nSPS) is 25.3. The van der Waals surface area contributed by atoms with E-state index in [1.165, 1.54) is 12.1 Å². The van der Waals surface area contributed by atoms with E-state index < -0.39 is 11.6 Å². The van der Waals surface area contributed by atoms with Crippen LogP contribution in [-0.4, -0.2) is 36.7 Å². The van der Waals surface area contributed by atoms with E-state index in [4.69, 9.17) is 10.5 Å². The topological polar surface area (TPSA) is 38.5 Å². The molecule has 0 saturated carbocycles. The molecule has 2 unspecified atom stereocenters. The third-order valence-corrected chi connectivity index (χ3v) is 3.29. The van der Waals surface area contributed by atoms with Gasteiger partial charge in [0.25, 0.3) is 0 Å². The van der Waals surface area contributed by atoms with E-state index in [0.29, 0.717) is 31.8 Å². The van der Waals surface area contributed by atoms with Crippen molar-refractivity contribution in [3.8, 4) is 0 Å². The standard InChI is InChI=1S/C13H18F2N2O/c1-9-8-18-12(5-16)7-17(9)6-10-2-3-11(14)4-13(10)15/h2-4,9,12H,5-8,16H2,1H3. The maximum absolute atomic E-state index is 13.6. The zero-order valence-corrected chi connectivity index (χ0v) is 10.4. The van der Waals surface area contributed by atoms with E-state index >= 15 is 0 Å². The molecule has 1 aliphatic rings. The molecule has 1 fully saturated rings. The number of nitrogens with zero attached hydrogens (tertiary/aromatic N) is 1. The number of nitrogens with two attached hydrogens (primary N) is 1. The Balaban J connectivity index is 2.07. The van der Waals surface area contributed by atoms with Crippen LogP contribution in [-0.2, 0) is 11.3 Å². The van der Waals surface area contributed by atoms with Gasteiger partial charge in [-0.1, -0.05) is 6.07 Å². The second kappa shape index (κ2) is 5.73. The number of rotatable bonds is 3. The monoisotopic (exact) mass is 256 g/mol. The SMILES string of the molecule is CC1COC(CN)CN1Cc1ccc(F)cc1F. The van der Waals surface area contributed by atoms with Crippen LogP contribution in [0.3, 0.4) is 0 Å². The first kappa shape index (κ1) is 13.4. The summed E-state index contributed by atoms with van der Waals surface area (Å²) in [7, 11) is 0. The molecule has 0 aromatic heterocycles. The molecule has 1 saturated heterocycles. The Labute approximate surface area is 106 Å². The first-order valence-corrected chi connectivity index (χ1v) is 6.09. The van der Waals surface area contributed by atoms with Crippen LogP contribution >= 0.6 is 0 Å². The van der Waals surface area contributed by atoms with Crippen LogP contribution in [0.25, 0.3) is 0 Å². The fraction of sp³-hybridized carbons (Fsp3) is 0.538. The minimum Gasteiger partial charge on any atom is -0.374 e. The molecular formula is C13H18F2N2O. The lowest BCUT2D eigenvalue weighted by Gasteiger charge is -2.37. The van der Waals surface area contributed by atoms with Crippen LogP contribution in [0.4, 0.5) is 8.78 Å². The minimum atomic E-state index is -0.550. The quantitative estimate of drug-likeness (QED) is 0.891. The van der Waals surface area contributed by atoms with Gasteiger partial charge >= 0.3 is 0 Å². The Bertz CT molecular complexity index is 414. The molecule has 100 valence electrons. The van der Waals surface area contributed by atoms with Crippen molar-refractivity contribution in [1.29, 1.82) is 0 Å². The average molecular weight is 256 g/mol. The van der Waals surface area contributed by atoms with Crippen molar-refractivity contribution in [3.63, 3.8) is 0 Å². The summed E-state index contributed by atoms with van der Waals surface area (Å²) < 4.78 is 32.0. The lowest BCUT2D eigenvalue weighted by molar-refractivity contribution is -0.0570. The second-order valence-electron chi connectivity index (χ2n) is 4.71. The fourth-order valence-electron chi connectivity index (χ4n) is 2.11. The van der Waals surface area contributed by atoms with Crippen molar-refractivity contribution in [3.05, 3.63) is 35.4 Å². The molecule has 1 aliphatic heterocycles. The van der Waals surface area contributed by atoms with E-state index in [-0.39, 0.29) is 12.1 Å². The number of ether oxygens (including phenoxy) is 1. The van der Waals surface area contributed by atoms with Gasteiger partial charge in [-0.15, -0.1) is 0 Å². The van der Waals surface area contributed by atoms with E-state index in [2.05, 4.69) is 4.90 Å². The van der Waals surface area contributed by atoms with Gasteiger partial charge in [0, 0.05) is 37.3 Å². The highest BCUT2D eigenvalue weighted by Gasteiger charge is 2.25. The average Bonchev–Trinajstić information content (AvgIpc) is 2.35. The molecule has 0 radical (unpaired) electrons. The van der Waals surface area contributed by atoms with Crippen molar-refractivity contribution in [1.82, 2.24) is 4.90 Å². The van der Waals surface area contributed by atoms with Crippen LogP contribution in [0.2, 0.25) is 0 Å². The number of hydrogen-bond donors (Lipinski definition) is 1. The summed E-state index contributed by atoms with van der Waals surface area (Å²) in [4.78, 5) is 2.11. The Hall–Kier alpha value is -1.04. The first-order valence-electron chi connectivity index (χ1n) is 6.09. The third-order valence-electron chi connectivity index (χ3n) is 3.29. The zero-order valence-electron chi connectivity index (χ0n) is 10.4. The fourth-order valence-corrected chi connectivity index (χ4v) is 2.11. The van der Waals surface area contributed by atoms with Gasteiger partial charge in [0.15, 0.2) is 0 Å². The Morgan fingerprint density at radius 1 is 1.44 bits per heavy atom. The molecule has 3 nitrogen and oxygen atoms in total. The molecule has 5 heteroatoms. The molecular weight excluding hydrogens is 238 g/mol. The van der Waals surface area contributed by atoms with Gasteiger partial charge < -0.3 is 10.5 Å². The maximum atomic E-state index is 13.6. The van der Waals surface area contributed by atoms with E-state index in [0.717, 1.165) is 6.07 Å². The lowest BCUT2D eigenvalue weighted by atomic mass is 10.1. The van der Waals surface area contributed by atoms with Crippen LogP contribution in [0.1, 0.15) is 12.5 Å². The molecule has 2 N–H and O–H groups in total. The van der Waals surface area contributed by atoms with E-state index in [1.54, 1.807) is 0 Å². The van der Waals surface area contributed by atoms with Gasteiger partial charge in [0.05, 0.1) is 12.7 Å². The summed E-state index contributed by atoms with van der Waals surface area (Å²) in [6, 6.07) is 3.90. The molecule has 1 heterocycles. The Kier molecular flexibility index (Phi) is 4.27. The summed E-state index contributed by atoms with van der Waals surface area (Å²) in [6.07, 6.45) is -0.00953. The number of morpholine rings is 1. The number of halogens is 2. The number of hydrogen-bond acceptors (Lipinski definition) is 3. The lowest BCUT2D eigenvalue weighted by Crippen LogP contribution is -2.50. The summed E-state index contributed by atoms with van der Waals surface area (Å²) in [5.41, 5.74) is 6.08. The summed E-state index contributed by atoms with van der Waals surface area (Å²) in [5.74, 6) is -1.05. The first-order chi connectivity index (χ1) is 8.60. The molecule has 0 spiro atoms. The van der Waals surface area contributed by atoms with Crippen LogP contribution < -0.4 is 5.73 Å². The van der Waals surface area contributed by atoms with Gasteiger partial charge in [0.2, 0.25) is 0 Å². The smallest absolute Gasteiger partial charge is 0.130 e. The Morgan fingerprint density at radius 2 is 2.22 bits per heavy atom. The van der Waals surface area contributed by atoms with Crippen LogP contribution in [0.5, 0.6) is 0 Å². The zero-order chi connectivity index (χ0) is 13.1. The van der Waals surface area contributed by atoms with Gasteiger partial charge in [0.1, 0.15) is 11.6 Å². The summed E-state index contributed by atoms with van der Waals surface area (Å²) in [6.45, 7) is 4.19. The van der Waals surface area contributed by atoms with Crippen molar-refractivity contribution in [2.45, 2.75) is 25.6 Å². The van der Waals surface area contributed by atoms with Crippen LogP contribution in [0, 0.1) is 11.6 Å². The molecule has 2 rings (SSSR count). The maximum Gasteiger partial charge on any atom is 0.130 e. The van der Waals surface area contributed by atoms with Crippen molar-refractivity contribution in [2.24, 2.45) is 5.73 Å². The Morgan fingerprint density at radius 3 is 2.89 bits per heavy atom. The van der Waals surface area contributed by atoms with Crippen molar-refractivity contribution >= 4 is 0 Å². The second-order valence-corrected chi connectivity index (χ2v) is 4.71. The van der Waals surface area contributed by atoms with E-state index in [9.17, 15) is 8.78 Å². The van der Waals surface area contributed by atoms with Crippen LogP contribution in [0.15, 0.2) is 18.2 Å². The predicted octanol–water partition coefficient (Wildman–Crippen LogP) is 1.51. The molecule has 18 heavy (non-hydrogen) atoms. The van der Waals surface area contributed by atoms with Gasteiger partial charge in [-0.2, -0.15) is 0 Å². The summed E-state index contributed by atoms with van der Waals surface area (Å²) >= 11 is 0. The molecule has 0 aliphatic carbocycles. The highest BCUT2D eigenvalue weighted by molar-refractivity contribution is 5.18. The third kappa shape index (κ3) is 3.04. The van der Waals surface area contributed by atoms with Gasteiger partial charge in [-0.3, -0.25) is 4.90 Å². The summed E-state index contributed by atoms with van der Waals surface area (Å²) in [5, 5.41) is 0. The van der Waals surface area contributed by atoms with Gasteiger partial charge in [-0.05, 0) is 13.0 Å². The predicted molar refractivity (Wildman–Crippen MR) is 65.0 cm³/mol. The largest absolute Gasteiger partial charge is 0.374 e. The van der Waals surface area contributed by atoms with Gasteiger partial charge in [-0.25, -0.2) is 8.78 Å². The van der Waals surface area contributed by atoms with Crippen molar-refractivity contribution < 1.29 is 13.5 Å². The molecule has 1 aromatic carbocycles. The molecule has 1 aromatic rings. The highest BCUT2D eigenvalue weighted by atomic mass is 19.1. The van der Waals surface area contributed by atoms with E-state index in [1.807, 2.05) is 6.92 Å². The highest BCUT2D eigenvalue weighted by Crippen LogP contribution is 2.17. The molecule has 0 amide bonds. The minimum absolute atomic E-state index is 0.00953. The number of benzene rings is 1.